The van der Waals surface area contributed by atoms with Crippen LogP contribution in [0.4, 0.5) is 5.69 Å². The lowest BCUT2D eigenvalue weighted by Crippen LogP contribution is -2.31. The van der Waals surface area contributed by atoms with E-state index in [1.165, 1.54) is 24.3 Å². The largest absolute Gasteiger partial charge is 0.338 e. The highest BCUT2D eigenvalue weighted by Crippen LogP contribution is 2.25. The van der Waals surface area contributed by atoms with Crippen molar-refractivity contribution in [2.75, 3.05) is 0 Å². The van der Waals surface area contributed by atoms with E-state index in [9.17, 15) is 14.9 Å². The molecule has 3 aromatic carbocycles. The Bertz CT molecular complexity index is 1180. The van der Waals surface area contributed by atoms with Gasteiger partial charge in [0, 0.05) is 24.7 Å². The fourth-order valence-corrected chi connectivity index (χ4v) is 3.31. The van der Waals surface area contributed by atoms with Crippen molar-refractivity contribution in [1.29, 1.82) is 0 Å². The molecule has 0 saturated carbocycles. The average molecular weight is 386 g/mol. The summed E-state index contributed by atoms with van der Waals surface area (Å²) in [7, 11) is 1.92. The number of hydrogen-bond donors (Lipinski definition) is 1. The van der Waals surface area contributed by atoms with E-state index in [1.54, 1.807) is 0 Å². The first-order chi connectivity index (χ1) is 14.0. The number of fused-ring (bicyclic) bond motifs is 1. The van der Waals surface area contributed by atoms with Gasteiger partial charge in [-0.3, -0.25) is 14.9 Å². The predicted molar refractivity (Wildman–Crippen MR) is 110 cm³/mol. The van der Waals surface area contributed by atoms with Gasteiger partial charge in [0.05, 0.1) is 16.0 Å². The summed E-state index contributed by atoms with van der Waals surface area (Å²) in [6.07, 6.45) is 0. The minimum Gasteiger partial charge on any atom is -0.338 e. The summed E-state index contributed by atoms with van der Waals surface area (Å²) in [5.41, 5.74) is 2.98. The van der Waals surface area contributed by atoms with Crippen LogP contribution in [-0.2, 0) is 7.05 Å². The van der Waals surface area contributed by atoms with Crippen molar-refractivity contribution in [3.05, 3.63) is 106 Å². The molecule has 144 valence electrons. The number of aromatic nitrogens is 2. The number of nitro groups is 1. The summed E-state index contributed by atoms with van der Waals surface area (Å²) in [4.78, 5) is 28.0. The summed E-state index contributed by atoms with van der Waals surface area (Å²) in [6, 6.07) is 22.4. The van der Waals surface area contributed by atoms with Crippen molar-refractivity contribution < 1.29 is 9.72 Å². The van der Waals surface area contributed by atoms with E-state index >= 15 is 0 Å². The summed E-state index contributed by atoms with van der Waals surface area (Å²) >= 11 is 0. The molecule has 0 aliphatic carbocycles. The molecular formula is C22H18N4O3. The number of non-ortho nitro benzene ring substituents is 1. The number of benzene rings is 3. The van der Waals surface area contributed by atoms with Gasteiger partial charge in [0.2, 0.25) is 0 Å². The van der Waals surface area contributed by atoms with Crippen LogP contribution in [0.15, 0.2) is 78.9 Å². The second-order valence-corrected chi connectivity index (χ2v) is 6.64. The fourth-order valence-electron chi connectivity index (χ4n) is 3.31. The van der Waals surface area contributed by atoms with E-state index in [0.717, 1.165) is 16.6 Å². The Balaban J connectivity index is 1.72. The van der Waals surface area contributed by atoms with Gasteiger partial charge >= 0.3 is 0 Å². The zero-order valence-electron chi connectivity index (χ0n) is 15.6. The van der Waals surface area contributed by atoms with E-state index in [0.29, 0.717) is 11.4 Å². The maximum atomic E-state index is 12.9. The third kappa shape index (κ3) is 3.58. The van der Waals surface area contributed by atoms with Crippen molar-refractivity contribution in [1.82, 2.24) is 14.9 Å². The number of amides is 1. The summed E-state index contributed by atoms with van der Waals surface area (Å²) < 4.78 is 1.96. The van der Waals surface area contributed by atoms with Crippen LogP contribution >= 0.6 is 0 Å². The molecule has 0 saturated heterocycles. The van der Waals surface area contributed by atoms with E-state index in [-0.39, 0.29) is 11.6 Å². The Kier molecular flexibility index (Phi) is 4.78. The number of rotatable bonds is 5. The normalized spacial score (nSPS) is 11.9. The Hall–Kier alpha value is -4.00. The van der Waals surface area contributed by atoms with Gasteiger partial charge in [-0.25, -0.2) is 4.98 Å². The molecule has 1 heterocycles. The van der Waals surface area contributed by atoms with Crippen molar-refractivity contribution in [2.24, 2.45) is 7.05 Å². The molecule has 29 heavy (non-hydrogen) atoms. The van der Waals surface area contributed by atoms with Gasteiger partial charge in [0.25, 0.3) is 11.6 Å². The quantitative estimate of drug-likeness (QED) is 0.415. The molecule has 0 radical (unpaired) electrons. The number of imidazole rings is 1. The van der Waals surface area contributed by atoms with Gasteiger partial charge in [0.15, 0.2) is 0 Å². The first-order valence-corrected chi connectivity index (χ1v) is 9.06. The number of nitrogens with zero attached hydrogens (tertiary/aromatic N) is 3. The minimum atomic E-state index is -0.492. The number of hydrogen-bond acceptors (Lipinski definition) is 4. The van der Waals surface area contributed by atoms with Gasteiger partial charge in [-0.1, -0.05) is 42.5 Å². The lowest BCUT2D eigenvalue weighted by atomic mass is 10.1. The molecule has 1 N–H and O–H groups in total. The summed E-state index contributed by atoms with van der Waals surface area (Å²) in [5.74, 6) is 0.369. The van der Waals surface area contributed by atoms with E-state index in [4.69, 9.17) is 4.98 Å². The second-order valence-electron chi connectivity index (χ2n) is 6.64. The number of nitrogens with one attached hydrogen (secondary N) is 1. The van der Waals surface area contributed by atoms with Crippen molar-refractivity contribution in [3.8, 4) is 0 Å². The molecule has 0 aliphatic rings. The first kappa shape index (κ1) is 18.4. The molecule has 1 amide bonds. The maximum Gasteiger partial charge on any atom is 0.269 e. The van der Waals surface area contributed by atoms with Crippen LogP contribution in [0.25, 0.3) is 11.0 Å². The smallest absolute Gasteiger partial charge is 0.269 e. The van der Waals surface area contributed by atoms with Crippen LogP contribution in [0.2, 0.25) is 0 Å². The lowest BCUT2D eigenvalue weighted by molar-refractivity contribution is -0.384. The molecule has 4 rings (SSSR count). The van der Waals surface area contributed by atoms with Gasteiger partial charge in [-0.2, -0.15) is 0 Å². The van der Waals surface area contributed by atoms with E-state index in [2.05, 4.69) is 5.32 Å². The Morgan fingerprint density at radius 2 is 1.66 bits per heavy atom. The molecule has 0 bridgehead atoms. The summed E-state index contributed by atoms with van der Waals surface area (Å²) in [6.45, 7) is 0. The van der Waals surface area contributed by atoms with Crippen LogP contribution < -0.4 is 5.32 Å². The topological polar surface area (TPSA) is 90.1 Å². The Morgan fingerprint density at radius 3 is 2.31 bits per heavy atom. The van der Waals surface area contributed by atoms with Gasteiger partial charge < -0.3 is 9.88 Å². The minimum absolute atomic E-state index is 0.0588. The highest BCUT2D eigenvalue weighted by atomic mass is 16.6. The third-order valence-electron chi connectivity index (χ3n) is 4.83. The predicted octanol–water partition coefficient (Wildman–Crippen LogP) is 4.00. The first-order valence-electron chi connectivity index (χ1n) is 9.06. The van der Waals surface area contributed by atoms with Crippen LogP contribution in [0.3, 0.4) is 0 Å². The van der Waals surface area contributed by atoms with Crippen LogP contribution in [0.5, 0.6) is 0 Å². The molecule has 4 aromatic rings. The Labute approximate surface area is 166 Å². The van der Waals surface area contributed by atoms with E-state index < -0.39 is 11.0 Å². The number of aryl methyl sites for hydroxylation is 1. The van der Waals surface area contributed by atoms with E-state index in [1.807, 2.05) is 66.2 Å². The number of carbonyl (C=O) groups excluding carboxylic acids is 1. The SMILES string of the molecule is Cn1c([C@H](NC(=O)c2ccc([N+](=O)[O-])cc2)c2ccccc2)nc2ccccc21. The van der Waals surface area contributed by atoms with Crippen molar-refractivity contribution in [2.45, 2.75) is 6.04 Å². The highest BCUT2D eigenvalue weighted by Gasteiger charge is 2.23. The van der Waals surface area contributed by atoms with Gasteiger partial charge in [0.1, 0.15) is 11.9 Å². The lowest BCUT2D eigenvalue weighted by Gasteiger charge is -2.19. The molecule has 1 atom stereocenters. The molecule has 0 fully saturated rings. The molecule has 0 aliphatic heterocycles. The highest BCUT2D eigenvalue weighted by molar-refractivity contribution is 5.95. The summed E-state index contributed by atoms with van der Waals surface area (Å²) in [5, 5.41) is 13.9. The molecule has 0 spiro atoms. The van der Waals surface area contributed by atoms with Crippen LogP contribution in [0, 0.1) is 10.1 Å². The number of nitro benzene ring substituents is 1. The standard InChI is InChI=1S/C22H18N4O3/c1-25-19-10-6-5-9-18(19)23-21(25)20(15-7-3-2-4-8-15)24-22(27)16-11-13-17(14-12-16)26(28)29/h2-14,20H,1H3,(H,24,27)/t20-/m1/s1. The van der Waals surface area contributed by atoms with Gasteiger partial charge in [-0.05, 0) is 29.8 Å². The van der Waals surface area contributed by atoms with Crippen LogP contribution in [-0.4, -0.2) is 20.4 Å². The third-order valence-corrected chi connectivity index (χ3v) is 4.83. The molecule has 7 nitrogen and oxygen atoms in total. The molecule has 0 unspecified atom stereocenters. The monoisotopic (exact) mass is 386 g/mol. The average Bonchev–Trinajstić information content (AvgIpc) is 3.09. The zero-order chi connectivity index (χ0) is 20.4. The second kappa shape index (κ2) is 7.55. The van der Waals surface area contributed by atoms with Crippen LogP contribution in [0.1, 0.15) is 27.8 Å². The fraction of sp³-hybridized carbons (Fsp3) is 0.0909. The Morgan fingerprint density at radius 1 is 1.00 bits per heavy atom. The van der Waals surface area contributed by atoms with Crippen molar-refractivity contribution >= 4 is 22.6 Å². The molecule has 1 aromatic heterocycles. The van der Waals surface area contributed by atoms with Gasteiger partial charge in [-0.15, -0.1) is 0 Å². The molecule has 7 heteroatoms. The van der Waals surface area contributed by atoms with Crippen molar-refractivity contribution in [3.63, 3.8) is 0 Å². The maximum absolute atomic E-state index is 12.9. The zero-order valence-corrected chi connectivity index (χ0v) is 15.6. The number of para-hydroxylation sites is 2. The number of carbonyl (C=O) groups is 1. The molecular weight excluding hydrogens is 368 g/mol.